The molecule has 2 aromatic heterocycles. The minimum Gasteiger partial charge on any atom is -0.382 e. The molecule has 7 heteroatoms. The molecule has 0 unspecified atom stereocenters. The highest BCUT2D eigenvalue weighted by molar-refractivity contribution is 5.95. The summed E-state index contributed by atoms with van der Waals surface area (Å²) >= 11 is 0. The van der Waals surface area contributed by atoms with Gasteiger partial charge in [0.05, 0.1) is 22.6 Å². The Hall–Kier alpha value is -3.09. The maximum Gasteiger partial charge on any atom is 0.320 e. The van der Waals surface area contributed by atoms with Gasteiger partial charge in [0.1, 0.15) is 5.82 Å². The number of benzene rings is 1. The summed E-state index contributed by atoms with van der Waals surface area (Å²) in [4.78, 5) is 16.5. The number of nitrogens with two attached hydrogens (primary N) is 1. The molecule has 5 N–H and O–H groups in total. The summed E-state index contributed by atoms with van der Waals surface area (Å²) in [5, 5.41) is 13.2. The van der Waals surface area contributed by atoms with Crippen LogP contribution in [0.4, 0.5) is 16.4 Å². The number of amides is 2. The number of fused-ring (bicyclic) bond motifs is 1. The van der Waals surface area contributed by atoms with Crippen LogP contribution in [0.25, 0.3) is 10.9 Å². The predicted molar refractivity (Wildman–Crippen MR) is 90.0 cm³/mol. The molecular weight excluding hydrogens is 292 g/mol. The number of H-pyrrole nitrogens is 1. The van der Waals surface area contributed by atoms with E-state index < -0.39 is 0 Å². The average Bonchev–Trinajstić information content (AvgIpc) is 2.89. The molecule has 1 aromatic carbocycles. The molecule has 3 rings (SSSR count). The average molecular weight is 310 g/mol. The third kappa shape index (κ3) is 3.08. The lowest BCUT2D eigenvalue weighted by Gasteiger charge is -2.15. The third-order valence-electron chi connectivity index (χ3n) is 3.64. The van der Waals surface area contributed by atoms with Crippen LogP contribution in [0.3, 0.4) is 0 Å². The monoisotopic (exact) mass is 310 g/mol. The van der Waals surface area contributed by atoms with E-state index in [9.17, 15) is 4.79 Å². The fraction of sp³-hybridized carbons (Fsp3) is 0.188. The van der Waals surface area contributed by atoms with Gasteiger partial charge in [0.15, 0.2) is 5.82 Å². The zero-order valence-corrected chi connectivity index (χ0v) is 12.9. The number of carbonyl (C=O) groups excluding carboxylic acids is 1. The first-order valence-corrected chi connectivity index (χ1v) is 7.28. The first-order valence-electron chi connectivity index (χ1n) is 7.28. The number of hydrogen-bond acceptors (Lipinski definition) is 4. The van der Waals surface area contributed by atoms with Crippen LogP contribution in [0.5, 0.6) is 0 Å². The number of aromatic nitrogens is 3. The van der Waals surface area contributed by atoms with Gasteiger partial charge in [-0.15, -0.1) is 0 Å². The molecule has 23 heavy (non-hydrogen) atoms. The lowest BCUT2D eigenvalue weighted by molar-refractivity contribution is 0.249. The van der Waals surface area contributed by atoms with Crippen LogP contribution in [-0.4, -0.2) is 21.2 Å². The Bertz CT molecular complexity index is 842. The number of aromatic amines is 1. The maximum atomic E-state index is 12.1. The van der Waals surface area contributed by atoms with Gasteiger partial charge < -0.3 is 11.1 Å². The lowest BCUT2D eigenvalue weighted by atomic mass is 10.1. The van der Waals surface area contributed by atoms with Crippen molar-refractivity contribution in [2.24, 2.45) is 0 Å². The molecule has 2 heterocycles. The highest BCUT2D eigenvalue weighted by atomic mass is 16.2. The number of rotatable bonds is 3. The van der Waals surface area contributed by atoms with Crippen molar-refractivity contribution >= 4 is 28.6 Å². The maximum absolute atomic E-state index is 12.1. The van der Waals surface area contributed by atoms with Crippen molar-refractivity contribution in [2.75, 3.05) is 11.1 Å². The predicted octanol–water partition coefficient (Wildman–Crippen LogP) is 2.73. The van der Waals surface area contributed by atoms with E-state index in [0.29, 0.717) is 17.3 Å². The van der Waals surface area contributed by atoms with E-state index in [-0.39, 0.29) is 12.1 Å². The first-order chi connectivity index (χ1) is 11.0. The topological polar surface area (TPSA) is 109 Å². The van der Waals surface area contributed by atoms with Gasteiger partial charge in [0.25, 0.3) is 0 Å². The molecule has 3 aromatic rings. The smallest absolute Gasteiger partial charge is 0.320 e. The van der Waals surface area contributed by atoms with E-state index in [1.165, 1.54) is 0 Å². The second kappa shape index (κ2) is 5.96. The van der Waals surface area contributed by atoms with Gasteiger partial charge in [0, 0.05) is 6.07 Å². The fourth-order valence-electron chi connectivity index (χ4n) is 2.50. The number of aryl methyl sites for hydroxylation is 1. The van der Waals surface area contributed by atoms with E-state index in [1.807, 2.05) is 44.2 Å². The van der Waals surface area contributed by atoms with Crippen molar-refractivity contribution in [1.82, 2.24) is 20.5 Å². The van der Waals surface area contributed by atoms with Crippen molar-refractivity contribution in [3.05, 3.63) is 47.7 Å². The summed E-state index contributed by atoms with van der Waals surface area (Å²) in [5.74, 6) is 0.843. The zero-order chi connectivity index (χ0) is 16.4. The summed E-state index contributed by atoms with van der Waals surface area (Å²) in [7, 11) is 0. The molecule has 0 saturated carbocycles. The highest BCUT2D eigenvalue weighted by Crippen LogP contribution is 2.23. The van der Waals surface area contributed by atoms with Crippen LogP contribution in [0, 0.1) is 6.92 Å². The second-order valence-corrected chi connectivity index (χ2v) is 5.36. The molecule has 0 aliphatic heterocycles. The molecule has 2 amide bonds. The molecule has 0 aliphatic rings. The Balaban J connectivity index is 1.73. The van der Waals surface area contributed by atoms with Gasteiger partial charge in [-0.25, -0.2) is 9.78 Å². The van der Waals surface area contributed by atoms with Gasteiger partial charge in [-0.05, 0) is 19.4 Å². The summed E-state index contributed by atoms with van der Waals surface area (Å²) in [6.07, 6.45) is 0. The summed E-state index contributed by atoms with van der Waals surface area (Å²) in [6, 6.07) is 11.0. The third-order valence-corrected chi connectivity index (χ3v) is 3.64. The van der Waals surface area contributed by atoms with Crippen molar-refractivity contribution < 1.29 is 4.79 Å². The van der Waals surface area contributed by atoms with Gasteiger partial charge in [-0.3, -0.25) is 10.4 Å². The quantitative estimate of drug-likeness (QED) is 0.596. The fourth-order valence-corrected chi connectivity index (χ4v) is 2.50. The lowest BCUT2D eigenvalue weighted by Crippen LogP contribution is -2.31. The van der Waals surface area contributed by atoms with Crippen molar-refractivity contribution in [1.29, 1.82) is 0 Å². The Kier molecular flexibility index (Phi) is 3.84. The van der Waals surface area contributed by atoms with Gasteiger partial charge in [-0.1, -0.05) is 30.3 Å². The standard InChI is InChI=1S/C16H18N6O/c1-9(11-6-4-3-5-7-11)19-16(23)20-13-8-12-14(10(2)18-13)15(17)22-21-12/h3-9H,1-2H3,(H3,17,21,22)(H2,18,19,20,23)/t9-/m1/s1. The number of urea groups is 1. The number of nitrogen functional groups attached to an aromatic ring is 1. The van der Waals surface area contributed by atoms with E-state index in [1.54, 1.807) is 6.07 Å². The van der Waals surface area contributed by atoms with Crippen LogP contribution >= 0.6 is 0 Å². The molecule has 0 radical (unpaired) electrons. The normalized spacial score (nSPS) is 12.1. The Morgan fingerprint density at radius 3 is 2.78 bits per heavy atom. The van der Waals surface area contributed by atoms with Gasteiger partial charge >= 0.3 is 6.03 Å². The van der Waals surface area contributed by atoms with Crippen LogP contribution in [-0.2, 0) is 0 Å². The van der Waals surface area contributed by atoms with E-state index in [0.717, 1.165) is 16.5 Å². The zero-order valence-electron chi connectivity index (χ0n) is 12.9. The molecule has 0 bridgehead atoms. The van der Waals surface area contributed by atoms with Gasteiger partial charge in [0.2, 0.25) is 0 Å². The minimum atomic E-state index is -0.319. The molecule has 0 saturated heterocycles. The highest BCUT2D eigenvalue weighted by Gasteiger charge is 2.12. The second-order valence-electron chi connectivity index (χ2n) is 5.36. The SMILES string of the molecule is Cc1nc(NC(=O)N[C@H](C)c2ccccc2)cc2[nH]nc(N)c12. The largest absolute Gasteiger partial charge is 0.382 e. The number of hydrogen-bond donors (Lipinski definition) is 4. The van der Waals surface area contributed by atoms with Crippen molar-refractivity contribution in [3.8, 4) is 0 Å². The molecular formula is C16H18N6O. The van der Waals surface area contributed by atoms with Crippen LogP contribution in [0.2, 0.25) is 0 Å². The number of nitrogens with one attached hydrogen (secondary N) is 3. The summed E-state index contributed by atoms with van der Waals surface area (Å²) < 4.78 is 0. The van der Waals surface area contributed by atoms with Gasteiger partial charge in [-0.2, -0.15) is 5.10 Å². The number of pyridine rings is 1. The number of carbonyl (C=O) groups is 1. The first kappa shape index (κ1) is 14.8. The van der Waals surface area contributed by atoms with Crippen molar-refractivity contribution in [3.63, 3.8) is 0 Å². The summed E-state index contributed by atoms with van der Waals surface area (Å²) in [5.41, 5.74) is 8.25. The molecule has 0 fully saturated rings. The molecule has 0 spiro atoms. The van der Waals surface area contributed by atoms with Crippen molar-refractivity contribution in [2.45, 2.75) is 19.9 Å². The molecule has 118 valence electrons. The summed E-state index contributed by atoms with van der Waals surface area (Å²) in [6.45, 7) is 3.75. The molecule has 7 nitrogen and oxygen atoms in total. The number of anilines is 2. The Morgan fingerprint density at radius 1 is 1.30 bits per heavy atom. The van der Waals surface area contributed by atoms with Crippen LogP contribution < -0.4 is 16.4 Å². The molecule has 1 atom stereocenters. The van der Waals surface area contributed by atoms with E-state index in [4.69, 9.17) is 5.73 Å². The minimum absolute atomic E-state index is 0.108. The van der Waals surface area contributed by atoms with E-state index in [2.05, 4.69) is 25.8 Å². The van der Waals surface area contributed by atoms with Crippen LogP contribution in [0.1, 0.15) is 24.2 Å². The Morgan fingerprint density at radius 2 is 2.04 bits per heavy atom. The number of nitrogens with zero attached hydrogens (tertiary/aromatic N) is 2. The Labute approximate surface area is 133 Å². The van der Waals surface area contributed by atoms with E-state index >= 15 is 0 Å². The van der Waals surface area contributed by atoms with Crippen LogP contribution in [0.15, 0.2) is 36.4 Å². The molecule has 0 aliphatic carbocycles.